The summed E-state index contributed by atoms with van der Waals surface area (Å²) in [4.78, 5) is 23.9. The van der Waals surface area contributed by atoms with Crippen molar-refractivity contribution in [3.05, 3.63) is 29.8 Å². The van der Waals surface area contributed by atoms with Gasteiger partial charge in [-0.25, -0.2) is 4.79 Å². The van der Waals surface area contributed by atoms with E-state index in [-0.39, 0.29) is 30.6 Å². The Morgan fingerprint density at radius 1 is 1.38 bits per heavy atom. The van der Waals surface area contributed by atoms with Gasteiger partial charge in [-0.2, -0.15) is 0 Å². The van der Waals surface area contributed by atoms with E-state index < -0.39 is 0 Å². The van der Waals surface area contributed by atoms with Crippen LogP contribution in [0, 0.1) is 0 Å². The first kappa shape index (κ1) is 18.1. The first-order chi connectivity index (χ1) is 11.6. The summed E-state index contributed by atoms with van der Waals surface area (Å²) in [5.74, 6) is 0.566. The molecule has 0 saturated heterocycles. The predicted molar refractivity (Wildman–Crippen MR) is 89.9 cm³/mol. The van der Waals surface area contributed by atoms with Gasteiger partial charge in [0, 0.05) is 19.1 Å². The Hall–Kier alpha value is -2.28. The molecule has 1 heterocycles. The Kier molecular flexibility index (Phi) is 6.87. The van der Waals surface area contributed by atoms with Crippen molar-refractivity contribution in [2.75, 3.05) is 26.9 Å². The lowest BCUT2D eigenvalue weighted by molar-refractivity contribution is -0.121. The second-order valence-corrected chi connectivity index (χ2v) is 5.68. The maximum Gasteiger partial charge on any atom is 0.315 e. The molecule has 1 aliphatic heterocycles. The van der Waals surface area contributed by atoms with Crippen LogP contribution in [0.4, 0.5) is 4.79 Å². The molecular formula is C17H25N3O4. The summed E-state index contributed by atoms with van der Waals surface area (Å²) < 4.78 is 10.6. The van der Waals surface area contributed by atoms with Crippen LogP contribution in [0.2, 0.25) is 0 Å². The molecule has 24 heavy (non-hydrogen) atoms. The lowest BCUT2D eigenvalue weighted by atomic mass is 10.0. The fraction of sp³-hybridized carbons (Fsp3) is 0.529. The van der Waals surface area contributed by atoms with Crippen LogP contribution in [0.1, 0.15) is 31.4 Å². The number of hydrogen-bond acceptors (Lipinski definition) is 4. The average Bonchev–Trinajstić information content (AvgIpc) is 2.60. The number of benzene rings is 1. The standard InChI is InChI=1S/C17H25N3O4/c1-3-12(11-23-2)19-17(22)18-10-16(21)20-14-8-9-24-15-7-5-4-6-13(14)15/h4-7,12,14H,3,8-11H2,1-2H3,(H,20,21)(H2,18,19,22)/t12-,14-/m1/s1. The molecule has 0 aromatic heterocycles. The van der Waals surface area contributed by atoms with Gasteiger partial charge in [-0.15, -0.1) is 0 Å². The monoisotopic (exact) mass is 335 g/mol. The molecule has 1 aromatic rings. The summed E-state index contributed by atoms with van der Waals surface area (Å²) in [6.45, 7) is 2.88. The molecule has 0 saturated carbocycles. The topological polar surface area (TPSA) is 88.7 Å². The van der Waals surface area contributed by atoms with E-state index in [1.54, 1.807) is 7.11 Å². The van der Waals surface area contributed by atoms with Crippen LogP contribution in [0.15, 0.2) is 24.3 Å². The molecule has 2 atom stereocenters. The van der Waals surface area contributed by atoms with Crippen molar-refractivity contribution < 1.29 is 19.1 Å². The van der Waals surface area contributed by atoms with Crippen molar-refractivity contribution >= 4 is 11.9 Å². The molecule has 7 nitrogen and oxygen atoms in total. The number of urea groups is 1. The first-order valence-electron chi connectivity index (χ1n) is 8.18. The lowest BCUT2D eigenvalue weighted by Crippen LogP contribution is -2.47. The third kappa shape index (κ3) is 5.13. The van der Waals surface area contributed by atoms with E-state index in [1.807, 2.05) is 31.2 Å². The molecule has 2 rings (SSSR count). The van der Waals surface area contributed by atoms with Crippen LogP contribution in [0.3, 0.4) is 0 Å². The number of methoxy groups -OCH3 is 1. The number of para-hydroxylation sites is 1. The second kappa shape index (κ2) is 9.12. The second-order valence-electron chi connectivity index (χ2n) is 5.68. The van der Waals surface area contributed by atoms with Crippen LogP contribution >= 0.6 is 0 Å². The largest absolute Gasteiger partial charge is 0.493 e. The fourth-order valence-electron chi connectivity index (χ4n) is 2.60. The number of rotatable bonds is 7. The van der Waals surface area contributed by atoms with Gasteiger partial charge < -0.3 is 25.4 Å². The van der Waals surface area contributed by atoms with E-state index in [4.69, 9.17) is 9.47 Å². The quantitative estimate of drug-likeness (QED) is 0.702. The Balaban J connectivity index is 1.79. The minimum atomic E-state index is -0.374. The van der Waals surface area contributed by atoms with E-state index in [9.17, 15) is 9.59 Å². The van der Waals surface area contributed by atoms with Gasteiger partial charge in [0.1, 0.15) is 5.75 Å². The highest BCUT2D eigenvalue weighted by atomic mass is 16.5. The zero-order valence-corrected chi connectivity index (χ0v) is 14.1. The van der Waals surface area contributed by atoms with Crippen molar-refractivity contribution in [1.82, 2.24) is 16.0 Å². The Morgan fingerprint density at radius 2 is 2.17 bits per heavy atom. The van der Waals surface area contributed by atoms with Gasteiger partial charge in [-0.3, -0.25) is 4.79 Å². The molecule has 3 amide bonds. The molecule has 0 unspecified atom stereocenters. The number of carbonyl (C=O) groups is 2. The molecule has 7 heteroatoms. The maximum absolute atomic E-state index is 12.1. The number of ether oxygens (including phenoxy) is 2. The highest BCUT2D eigenvalue weighted by Crippen LogP contribution is 2.31. The summed E-state index contributed by atoms with van der Waals surface area (Å²) in [5, 5.41) is 8.27. The zero-order chi connectivity index (χ0) is 17.4. The SMILES string of the molecule is CC[C@H](COC)NC(=O)NCC(=O)N[C@@H]1CCOc2ccccc21. The van der Waals surface area contributed by atoms with E-state index in [0.717, 1.165) is 17.7 Å². The zero-order valence-electron chi connectivity index (χ0n) is 14.1. The minimum absolute atomic E-state index is 0.0690. The highest BCUT2D eigenvalue weighted by molar-refractivity contribution is 5.84. The van der Waals surface area contributed by atoms with E-state index >= 15 is 0 Å². The van der Waals surface area contributed by atoms with Crippen molar-refractivity contribution in [2.45, 2.75) is 31.8 Å². The van der Waals surface area contributed by atoms with Crippen molar-refractivity contribution in [1.29, 1.82) is 0 Å². The normalized spacial score (nSPS) is 17.2. The summed E-state index contributed by atoms with van der Waals surface area (Å²) in [6.07, 6.45) is 1.47. The Bertz CT molecular complexity index is 565. The third-order valence-electron chi connectivity index (χ3n) is 3.90. The summed E-state index contributed by atoms with van der Waals surface area (Å²) in [7, 11) is 1.58. The van der Waals surface area contributed by atoms with Crippen LogP contribution in [0.25, 0.3) is 0 Å². The summed E-state index contributed by atoms with van der Waals surface area (Å²) in [5.41, 5.74) is 0.965. The molecular weight excluding hydrogens is 310 g/mol. The number of fused-ring (bicyclic) bond motifs is 1. The lowest BCUT2D eigenvalue weighted by Gasteiger charge is -2.26. The summed E-state index contributed by atoms with van der Waals surface area (Å²) in [6, 6.07) is 7.11. The van der Waals surface area contributed by atoms with Gasteiger partial charge in [-0.1, -0.05) is 25.1 Å². The molecule has 1 aliphatic rings. The molecule has 132 valence electrons. The van der Waals surface area contributed by atoms with E-state index in [1.165, 1.54) is 0 Å². The van der Waals surface area contributed by atoms with Gasteiger partial charge in [0.25, 0.3) is 0 Å². The number of amides is 3. The number of nitrogens with one attached hydrogen (secondary N) is 3. The van der Waals surface area contributed by atoms with Gasteiger partial charge >= 0.3 is 6.03 Å². The molecule has 0 aliphatic carbocycles. The fourth-order valence-corrected chi connectivity index (χ4v) is 2.60. The van der Waals surface area contributed by atoms with Crippen LogP contribution in [-0.4, -0.2) is 44.8 Å². The Morgan fingerprint density at radius 3 is 2.92 bits per heavy atom. The molecule has 1 aromatic carbocycles. The van der Waals surface area contributed by atoms with Crippen molar-refractivity contribution in [3.63, 3.8) is 0 Å². The van der Waals surface area contributed by atoms with Gasteiger partial charge in [0.2, 0.25) is 5.91 Å². The smallest absolute Gasteiger partial charge is 0.315 e. The van der Waals surface area contributed by atoms with Crippen LogP contribution < -0.4 is 20.7 Å². The first-order valence-corrected chi connectivity index (χ1v) is 8.18. The van der Waals surface area contributed by atoms with E-state index in [2.05, 4.69) is 16.0 Å². The third-order valence-corrected chi connectivity index (χ3v) is 3.90. The molecule has 0 spiro atoms. The van der Waals surface area contributed by atoms with Gasteiger partial charge in [0.15, 0.2) is 0 Å². The van der Waals surface area contributed by atoms with E-state index in [0.29, 0.717) is 19.6 Å². The minimum Gasteiger partial charge on any atom is -0.493 e. The Labute approximate surface area is 142 Å². The van der Waals surface area contributed by atoms with Crippen molar-refractivity contribution in [3.8, 4) is 5.75 Å². The molecule has 0 bridgehead atoms. The van der Waals surface area contributed by atoms with Gasteiger partial charge in [-0.05, 0) is 12.5 Å². The highest BCUT2D eigenvalue weighted by Gasteiger charge is 2.22. The maximum atomic E-state index is 12.1. The number of hydrogen-bond donors (Lipinski definition) is 3. The van der Waals surface area contributed by atoms with Gasteiger partial charge in [0.05, 0.1) is 31.8 Å². The molecule has 0 radical (unpaired) electrons. The number of carbonyl (C=O) groups excluding carboxylic acids is 2. The average molecular weight is 335 g/mol. The van der Waals surface area contributed by atoms with Crippen LogP contribution in [-0.2, 0) is 9.53 Å². The predicted octanol–water partition coefficient (Wildman–Crippen LogP) is 1.35. The van der Waals surface area contributed by atoms with Crippen molar-refractivity contribution in [2.24, 2.45) is 0 Å². The molecule has 3 N–H and O–H groups in total. The molecule has 0 fully saturated rings. The van der Waals surface area contributed by atoms with Crippen LogP contribution in [0.5, 0.6) is 5.75 Å². The summed E-state index contributed by atoms with van der Waals surface area (Å²) >= 11 is 0.